The van der Waals surface area contributed by atoms with Gasteiger partial charge in [0.15, 0.2) is 25.0 Å². The second-order valence-electron chi connectivity index (χ2n) is 9.96. The van der Waals surface area contributed by atoms with E-state index in [2.05, 4.69) is 68.9 Å². The van der Waals surface area contributed by atoms with E-state index in [4.69, 9.17) is 12.3 Å². The summed E-state index contributed by atoms with van der Waals surface area (Å²) in [6, 6.07) is 11.5. The van der Waals surface area contributed by atoms with E-state index >= 15 is 0 Å². The molecule has 0 atom stereocenters. The standard InChI is InChI=1S/C26H60O3Si4/c1-11-21-22-23-24-25-26-33(27-30(12-2,13-3)14-4,28-31(15-5,16-6)17-7)29-32(18-8,19-9)20-10/h11H,1,12-26H2,2-10H3. The van der Waals surface area contributed by atoms with Crippen LogP contribution in [0.25, 0.3) is 0 Å². The molecule has 7 heteroatoms. The monoisotopic (exact) mass is 532 g/mol. The van der Waals surface area contributed by atoms with Gasteiger partial charge in [0.2, 0.25) is 0 Å². The molecule has 0 aromatic heterocycles. The largest absolute Gasteiger partial charge is 0.469 e. The summed E-state index contributed by atoms with van der Waals surface area (Å²) in [5.74, 6) is 0. The molecule has 3 nitrogen and oxygen atoms in total. The molecule has 0 bridgehead atoms. The maximum atomic E-state index is 7.51. The van der Waals surface area contributed by atoms with Crippen LogP contribution in [0.5, 0.6) is 0 Å². The van der Waals surface area contributed by atoms with Crippen molar-refractivity contribution in [3.63, 3.8) is 0 Å². The number of allylic oxidation sites excluding steroid dienone is 1. The van der Waals surface area contributed by atoms with Crippen LogP contribution in [0.4, 0.5) is 0 Å². The molecular weight excluding hydrogens is 473 g/mol. The van der Waals surface area contributed by atoms with Crippen molar-refractivity contribution >= 4 is 33.8 Å². The van der Waals surface area contributed by atoms with Crippen molar-refractivity contribution in [2.45, 2.75) is 155 Å². The molecule has 0 heterocycles. The first kappa shape index (κ1) is 33.5. The summed E-state index contributed by atoms with van der Waals surface area (Å²) >= 11 is 0. The fourth-order valence-electron chi connectivity index (χ4n) is 5.09. The molecule has 33 heavy (non-hydrogen) atoms. The summed E-state index contributed by atoms with van der Waals surface area (Å²) in [7, 11) is -8.40. The number of hydrogen-bond acceptors (Lipinski definition) is 3. The minimum Gasteiger partial charge on any atom is -0.416 e. The summed E-state index contributed by atoms with van der Waals surface area (Å²) in [6.07, 6.45) is 8.10. The van der Waals surface area contributed by atoms with Gasteiger partial charge in [0.05, 0.1) is 0 Å². The Kier molecular flexibility index (Phi) is 17.3. The molecule has 0 spiro atoms. The zero-order chi connectivity index (χ0) is 25.4. The van der Waals surface area contributed by atoms with Crippen molar-refractivity contribution in [2.24, 2.45) is 0 Å². The van der Waals surface area contributed by atoms with Gasteiger partial charge in [-0.25, -0.2) is 0 Å². The molecule has 0 fully saturated rings. The summed E-state index contributed by atoms with van der Waals surface area (Å²) in [5.41, 5.74) is 0. The number of unbranched alkanes of at least 4 members (excludes halogenated alkanes) is 4. The smallest absolute Gasteiger partial charge is 0.416 e. The third-order valence-corrected chi connectivity index (χ3v) is 30.0. The van der Waals surface area contributed by atoms with Crippen molar-refractivity contribution in [3.05, 3.63) is 12.7 Å². The first-order chi connectivity index (χ1) is 15.7. The maximum Gasteiger partial charge on any atom is 0.469 e. The first-order valence-electron chi connectivity index (χ1n) is 14.4. The predicted octanol–water partition coefficient (Wildman–Crippen LogP) is 10.1. The molecule has 0 unspecified atom stereocenters. The topological polar surface area (TPSA) is 27.7 Å². The van der Waals surface area contributed by atoms with Crippen LogP contribution in [-0.2, 0) is 12.3 Å². The second-order valence-corrected chi connectivity index (χ2v) is 27.7. The van der Waals surface area contributed by atoms with Crippen molar-refractivity contribution in [3.8, 4) is 0 Å². The molecule has 0 radical (unpaired) electrons. The van der Waals surface area contributed by atoms with Crippen LogP contribution < -0.4 is 0 Å². The number of rotatable bonds is 22. The summed E-state index contributed by atoms with van der Waals surface area (Å²) in [5, 5.41) is 0. The molecule has 0 saturated carbocycles. The van der Waals surface area contributed by atoms with Gasteiger partial charge in [-0.05, 0) is 73.7 Å². The molecule has 198 valence electrons. The summed E-state index contributed by atoms with van der Waals surface area (Å²) in [6.45, 7) is 25.0. The van der Waals surface area contributed by atoms with Crippen LogP contribution in [0.2, 0.25) is 60.4 Å². The predicted molar refractivity (Wildman–Crippen MR) is 159 cm³/mol. The van der Waals surface area contributed by atoms with Gasteiger partial charge in [0, 0.05) is 6.04 Å². The quantitative estimate of drug-likeness (QED) is 0.0788. The van der Waals surface area contributed by atoms with E-state index in [0.717, 1.165) is 12.5 Å². The summed E-state index contributed by atoms with van der Waals surface area (Å²) in [4.78, 5) is 0. The summed E-state index contributed by atoms with van der Waals surface area (Å²) < 4.78 is 22.5. The van der Waals surface area contributed by atoms with E-state index in [0.29, 0.717) is 0 Å². The fourth-order valence-corrected chi connectivity index (χ4v) is 26.2. The Bertz CT molecular complexity index is 424. The van der Waals surface area contributed by atoms with Crippen LogP contribution in [0, 0.1) is 0 Å². The van der Waals surface area contributed by atoms with E-state index in [-0.39, 0.29) is 0 Å². The van der Waals surface area contributed by atoms with Crippen molar-refractivity contribution in [1.82, 2.24) is 0 Å². The third-order valence-electron chi connectivity index (χ3n) is 8.56. The van der Waals surface area contributed by atoms with E-state index in [9.17, 15) is 0 Å². The van der Waals surface area contributed by atoms with Gasteiger partial charge in [0.1, 0.15) is 0 Å². The Hall–Kier alpha value is 0.488. The zero-order valence-corrected chi connectivity index (χ0v) is 28.1. The van der Waals surface area contributed by atoms with E-state index in [1.807, 2.05) is 6.08 Å². The molecule has 0 aromatic carbocycles. The lowest BCUT2D eigenvalue weighted by molar-refractivity contribution is 0.237. The molecule has 0 aromatic rings. The normalized spacial score (nSPS) is 13.5. The van der Waals surface area contributed by atoms with Crippen LogP contribution >= 0.6 is 0 Å². The van der Waals surface area contributed by atoms with Gasteiger partial charge in [-0.3, -0.25) is 0 Å². The SMILES string of the molecule is C=CCCCCCC[Si](O[Si](CC)(CC)CC)(O[Si](CC)(CC)CC)O[Si](CC)(CC)CC. The van der Waals surface area contributed by atoms with Gasteiger partial charge < -0.3 is 12.3 Å². The van der Waals surface area contributed by atoms with E-state index in [1.54, 1.807) is 0 Å². The molecule has 0 N–H and O–H groups in total. The van der Waals surface area contributed by atoms with E-state index < -0.39 is 33.8 Å². The van der Waals surface area contributed by atoms with Crippen molar-refractivity contribution in [2.75, 3.05) is 0 Å². The highest BCUT2D eigenvalue weighted by Gasteiger charge is 2.54. The average molecular weight is 533 g/mol. The fraction of sp³-hybridized carbons (Fsp3) is 0.923. The van der Waals surface area contributed by atoms with Crippen molar-refractivity contribution in [1.29, 1.82) is 0 Å². The minimum atomic E-state index is -2.79. The Labute approximate surface area is 213 Å². The van der Waals surface area contributed by atoms with Crippen LogP contribution in [0.3, 0.4) is 0 Å². The lowest BCUT2D eigenvalue weighted by atomic mass is 10.1. The average Bonchev–Trinajstić information content (AvgIpc) is 2.87. The molecule has 0 aliphatic carbocycles. The maximum absolute atomic E-state index is 7.51. The van der Waals surface area contributed by atoms with Crippen LogP contribution in [0.1, 0.15) is 94.4 Å². The van der Waals surface area contributed by atoms with Crippen molar-refractivity contribution < 1.29 is 12.3 Å². The molecule has 0 saturated heterocycles. The highest BCUT2D eigenvalue weighted by molar-refractivity contribution is 6.92. The first-order valence-corrected chi connectivity index (χ1v) is 24.0. The van der Waals surface area contributed by atoms with Crippen LogP contribution in [-0.4, -0.2) is 33.8 Å². The molecule has 0 rings (SSSR count). The zero-order valence-electron chi connectivity index (χ0n) is 24.1. The molecule has 0 aliphatic rings. The Morgan fingerprint density at radius 1 is 0.485 bits per heavy atom. The van der Waals surface area contributed by atoms with Crippen LogP contribution in [0.15, 0.2) is 12.7 Å². The van der Waals surface area contributed by atoms with Gasteiger partial charge >= 0.3 is 8.80 Å². The second kappa shape index (κ2) is 17.0. The van der Waals surface area contributed by atoms with Gasteiger partial charge in [-0.1, -0.05) is 81.2 Å². The number of hydrogen-bond donors (Lipinski definition) is 0. The van der Waals surface area contributed by atoms with Gasteiger partial charge in [-0.2, -0.15) is 0 Å². The van der Waals surface area contributed by atoms with E-state index in [1.165, 1.54) is 80.1 Å². The lowest BCUT2D eigenvalue weighted by Gasteiger charge is -2.48. The minimum absolute atomic E-state index is 1.03. The highest BCUT2D eigenvalue weighted by atomic mass is 28.5. The Morgan fingerprint density at radius 2 is 0.788 bits per heavy atom. The Morgan fingerprint density at radius 3 is 1.06 bits per heavy atom. The lowest BCUT2D eigenvalue weighted by Crippen LogP contribution is -2.64. The highest BCUT2D eigenvalue weighted by Crippen LogP contribution is 2.39. The molecule has 0 amide bonds. The molecule has 0 aliphatic heterocycles. The molecular formula is C26H60O3Si4. The Balaban J connectivity index is 6.37. The van der Waals surface area contributed by atoms with Gasteiger partial charge in [-0.15, -0.1) is 6.58 Å². The third kappa shape index (κ3) is 10.2. The van der Waals surface area contributed by atoms with Gasteiger partial charge in [0.25, 0.3) is 0 Å².